The number of nitrogens with zero attached hydrogens (tertiary/aromatic N) is 1. The number of aryl methyl sites for hydroxylation is 1. The van der Waals surface area contributed by atoms with Gasteiger partial charge in [0.1, 0.15) is 11.6 Å². The van der Waals surface area contributed by atoms with Gasteiger partial charge in [0, 0.05) is 17.3 Å². The quantitative estimate of drug-likeness (QED) is 0.922. The van der Waals surface area contributed by atoms with Gasteiger partial charge >= 0.3 is 6.18 Å². The fourth-order valence-electron chi connectivity index (χ4n) is 2.10. The predicted molar refractivity (Wildman–Crippen MR) is 62.6 cm³/mol. The SMILES string of the molecule is NCC1CCCc2sc(COCC(F)(F)F)nc21. The molecule has 102 valence electrons. The summed E-state index contributed by atoms with van der Waals surface area (Å²) >= 11 is 1.45. The number of halogens is 3. The summed E-state index contributed by atoms with van der Waals surface area (Å²) in [6.45, 7) is -0.758. The van der Waals surface area contributed by atoms with Gasteiger partial charge in [0.15, 0.2) is 0 Å². The van der Waals surface area contributed by atoms with E-state index in [9.17, 15) is 13.2 Å². The lowest BCUT2D eigenvalue weighted by molar-refractivity contribution is -0.176. The zero-order valence-corrected chi connectivity index (χ0v) is 10.6. The van der Waals surface area contributed by atoms with Gasteiger partial charge in [-0.2, -0.15) is 13.2 Å². The van der Waals surface area contributed by atoms with Crippen LogP contribution in [0.5, 0.6) is 0 Å². The summed E-state index contributed by atoms with van der Waals surface area (Å²) in [5.41, 5.74) is 6.64. The number of alkyl halides is 3. The molecule has 18 heavy (non-hydrogen) atoms. The van der Waals surface area contributed by atoms with E-state index in [1.807, 2.05) is 0 Å². The second kappa shape index (κ2) is 5.54. The molecule has 1 heterocycles. The minimum Gasteiger partial charge on any atom is -0.365 e. The van der Waals surface area contributed by atoms with Crippen LogP contribution in [0.2, 0.25) is 0 Å². The van der Waals surface area contributed by atoms with Crippen LogP contribution in [-0.4, -0.2) is 24.3 Å². The maximum atomic E-state index is 11.9. The second-order valence-electron chi connectivity index (χ2n) is 4.35. The number of rotatable bonds is 4. The van der Waals surface area contributed by atoms with Crippen molar-refractivity contribution in [3.8, 4) is 0 Å². The molecule has 1 aliphatic carbocycles. The van der Waals surface area contributed by atoms with E-state index in [4.69, 9.17) is 5.73 Å². The van der Waals surface area contributed by atoms with Crippen molar-refractivity contribution in [2.45, 2.75) is 38.0 Å². The van der Waals surface area contributed by atoms with Crippen LogP contribution in [0.25, 0.3) is 0 Å². The van der Waals surface area contributed by atoms with Gasteiger partial charge in [-0.25, -0.2) is 4.98 Å². The Hall–Kier alpha value is -0.660. The molecule has 0 saturated carbocycles. The lowest BCUT2D eigenvalue weighted by Gasteiger charge is -2.18. The molecule has 7 heteroatoms. The Labute approximate surface area is 107 Å². The Morgan fingerprint density at radius 1 is 1.44 bits per heavy atom. The molecule has 0 aromatic carbocycles. The molecular weight excluding hydrogens is 265 g/mol. The standard InChI is InChI=1S/C11H15F3N2OS/c12-11(13,14)6-17-5-9-16-10-7(4-15)2-1-3-8(10)18-9/h7H,1-6,15H2. The molecule has 1 unspecified atom stereocenters. The van der Waals surface area contributed by atoms with E-state index < -0.39 is 12.8 Å². The van der Waals surface area contributed by atoms with Crippen LogP contribution in [-0.2, 0) is 17.8 Å². The molecule has 0 fully saturated rings. The third-order valence-corrected chi connectivity index (χ3v) is 4.00. The smallest absolute Gasteiger partial charge is 0.365 e. The summed E-state index contributed by atoms with van der Waals surface area (Å²) in [5.74, 6) is 0.251. The van der Waals surface area contributed by atoms with Crippen molar-refractivity contribution in [2.75, 3.05) is 13.2 Å². The van der Waals surface area contributed by atoms with Crippen molar-refractivity contribution in [1.29, 1.82) is 0 Å². The molecule has 0 amide bonds. The first kappa shape index (κ1) is 13.8. The average molecular weight is 280 g/mol. The third kappa shape index (κ3) is 3.43. The van der Waals surface area contributed by atoms with Crippen molar-refractivity contribution >= 4 is 11.3 Å². The van der Waals surface area contributed by atoms with Crippen molar-refractivity contribution in [2.24, 2.45) is 5.73 Å². The fraction of sp³-hybridized carbons (Fsp3) is 0.727. The molecule has 1 atom stereocenters. The monoisotopic (exact) mass is 280 g/mol. The number of thiazole rings is 1. The molecule has 2 rings (SSSR count). The zero-order valence-electron chi connectivity index (χ0n) is 9.79. The predicted octanol–water partition coefficient (Wildman–Crippen LogP) is 2.60. The highest BCUT2D eigenvalue weighted by Crippen LogP contribution is 2.34. The molecule has 1 aromatic rings. The van der Waals surface area contributed by atoms with Crippen LogP contribution in [0.1, 0.15) is 34.3 Å². The van der Waals surface area contributed by atoms with E-state index in [2.05, 4.69) is 9.72 Å². The van der Waals surface area contributed by atoms with E-state index in [0.29, 0.717) is 11.6 Å². The van der Waals surface area contributed by atoms with Gasteiger partial charge in [0.25, 0.3) is 0 Å². The highest BCUT2D eigenvalue weighted by Gasteiger charge is 2.28. The van der Waals surface area contributed by atoms with E-state index in [1.54, 1.807) is 0 Å². The molecule has 1 aromatic heterocycles. The van der Waals surface area contributed by atoms with Crippen LogP contribution in [0.3, 0.4) is 0 Å². The van der Waals surface area contributed by atoms with Crippen molar-refractivity contribution in [3.63, 3.8) is 0 Å². The van der Waals surface area contributed by atoms with Gasteiger partial charge < -0.3 is 10.5 Å². The van der Waals surface area contributed by atoms with Crippen molar-refractivity contribution < 1.29 is 17.9 Å². The first-order chi connectivity index (χ1) is 8.49. The molecule has 0 spiro atoms. The van der Waals surface area contributed by atoms with Gasteiger partial charge in [-0.15, -0.1) is 11.3 Å². The molecule has 2 N–H and O–H groups in total. The first-order valence-electron chi connectivity index (χ1n) is 5.82. The Balaban J connectivity index is 1.97. The van der Waals surface area contributed by atoms with Gasteiger partial charge in [-0.3, -0.25) is 0 Å². The second-order valence-corrected chi connectivity index (χ2v) is 5.52. The van der Waals surface area contributed by atoms with Gasteiger partial charge in [0.05, 0.1) is 12.3 Å². The topological polar surface area (TPSA) is 48.1 Å². The molecular formula is C11H15F3N2OS. The maximum Gasteiger partial charge on any atom is 0.411 e. The van der Waals surface area contributed by atoms with Crippen LogP contribution < -0.4 is 5.73 Å². The summed E-state index contributed by atoms with van der Waals surface area (Å²) in [5, 5.41) is 0.615. The van der Waals surface area contributed by atoms with Crippen LogP contribution in [0.15, 0.2) is 0 Å². The molecule has 0 radical (unpaired) electrons. The van der Waals surface area contributed by atoms with Crippen LogP contribution in [0, 0.1) is 0 Å². The highest BCUT2D eigenvalue weighted by molar-refractivity contribution is 7.11. The Morgan fingerprint density at radius 2 is 2.22 bits per heavy atom. The summed E-state index contributed by atoms with van der Waals surface area (Å²) < 4.78 is 40.5. The Bertz CT molecular complexity index is 405. The number of ether oxygens (including phenoxy) is 1. The van der Waals surface area contributed by atoms with Gasteiger partial charge in [0.2, 0.25) is 0 Å². The molecule has 0 aliphatic heterocycles. The molecule has 3 nitrogen and oxygen atoms in total. The maximum absolute atomic E-state index is 11.9. The highest BCUT2D eigenvalue weighted by atomic mass is 32.1. The minimum absolute atomic E-state index is 0.0749. The number of hydrogen-bond donors (Lipinski definition) is 1. The Morgan fingerprint density at radius 3 is 2.89 bits per heavy atom. The normalized spacial score (nSPS) is 19.9. The van der Waals surface area contributed by atoms with E-state index in [1.165, 1.54) is 11.3 Å². The number of fused-ring (bicyclic) bond motifs is 1. The molecule has 0 bridgehead atoms. The first-order valence-corrected chi connectivity index (χ1v) is 6.64. The molecule has 1 aliphatic rings. The van der Waals surface area contributed by atoms with Crippen LogP contribution >= 0.6 is 11.3 Å². The number of hydrogen-bond acceptors (Lipinski definition) is 4. The number of aromatic nitrogens is 1. The summed E-state index contributed by atoms with van der Waals surface area (Å²) in [4.78, 5) is 5.52. The largest absolute Gasteiger partial charge is 0.411 e. The fourth-order valence-corrected chi connectivity index (χ4v) is 3.24. The summed E-state index contributed by atoms with van der Waals surface area (Å²) in [7, 11) is 0. The van der Waals surface area contributed by atoms with Crippen molar-refractivity contribution in [1.82, 2.24) is 4.98 Å². The molecule has 0 saturated heterocycles. The number of nitrogens with two attached hydrogens (primary N) is 1. The summed E-state index contributed by atoms with van der Waals surface area (Å²) in [6.07, 6.45) is -1.25. The van der Waals surface area contributed by atoms with Gasteiger partial charge in [-0.1, -0.05) is 0 Å². The van der Waals surface area contributed by atoms with E-state index in [0.717, 1.165) is 29.8 Å². The Kier molecular flexibility index (Phi) is 4.24. The minimum atomic E-state index is -4.28. The summed E-state index contributed by atoms with van der Waals surface area (Å²) in [6, 6.07) is 0. The average Bonchev–Trinajstić information content (AvgIpc) is 2.69. The lowest BCUT2D eigenvalue weighted by atomic mass is 9.91. The van der Waals surface area contributed by atoms with Gasteiger partial charge in [-0.05, 0) is 19.3 Å². The lowest BCUT2D eigenvalue weighted by Crippen LogP contribution is -2.18. The third-order valence-electron chi connectivity index (χ3n) is 2.89. The van der Waals surface area contributed by atoms with Crippen LogP contribution in [0.4, 0.5) is 13.2 Å². The zero-order chi connectivity index (χ0) is 13.2. The van der Waals surface area contributed by atoms with Crippen molar-refractivity contribution in [3.05, 3.63) is 15.6 Å². The van der Waals surface area contributed by atoms with E-state index >= 15 is 0 Å². The van der Waals surface area contributed by atoms with E-state index in [-0.39, 0.29) is 12.5 Å².